The van der Waals surface area contributed by atoms with Crippen LogP contribution in [0, 0.1) is 11.8 Å². The second kappa shape index (κ2) is 14.4. The molecule has 0 bridgehead atoms. The van der Waals surface area contributed by atoms with E-state index < -0.39 is 19.0 Å². The minimum absolute atomic E-state index is 0. The molecule has 11 heteroatoms. The standard InChI is InChI=1S/C17H28BN3O4.3ClH/c19-15(16(20)12-5-2-1-3-6-12)11-21-9-13(7-4-8-18(24)25)14(10-21)17(22)23;;;/h1-3,5-6,13-16,24-25H,4,7-11,19-20H2,(H,22,23);3*1H/t13?,14?,15-,16-;;;/m0.../s1. The Bertz CT molecular complexity index is 560. The Hall–Kier alpha value is -0.575. The van der Waals surface area contributed by atoms with Gasteiger partial charge in [0.25, 0.3) is 0 Å². The molecule has 2 unspecified atom stereocenters. The summed E-state index contributed by atoms with van der Waals surface area (Å²) in [7, 11) is -1.34. The number of carbonyl (C=O) groups is 1. The van der Waals surface area contributed by atoms with Gasteiger partial charge in [-0.05, 0) is 24.2 Å². The number of hydrogen-bond donors (Lipinski definition) is 5. The summed E-state index contributed by atoms with van der Waals surface area (Å²) in [4.78, 5) is 13.6. The van der Waals surface area contributed by atoms with Crippen LogP contribution in [0.2, 0.25) is 6.32 Å². The first kappa shape index (κ1) is 29.6. The summed E-state index contributed by atoms with van der Waals surface area (Å²) in [6.45, 7) is 1.64. The lowest BCUT2D eigenvalue weighted by atomic mass is 9.80. The molecule has 0 amide bonds. The predicted octanol–water partition coefficient (Wildman–Crippen LogP) is 1.16. The van der Waals surface area contributed by atoms with Gasteiger partial charge in [0.15, 0.2) is 0 Å². The van der Waals surface area contributed by atoms with E-state index in [0.717, 1.165) is 5.56 Å². The van der Waals surface area contributed by atoms with Gasteiger partial charge in [-0.3, -0.25) is 4.79 Å². The van der Waals surface area contributed by atoms with Crippen molar-refractivity contribution in [3.8, 4) is 0 Å². The highest BCUT2D eigenvalue weighted by atomic mass is 35.5. The Morgan fingerprint density at radius 3 is 2.29 bits per heavy atom. The van der Waals surface area contributed by atoms with Crippen LogP contribution in [0.1, 0.15) is 24.4 Å². The molecule has 0 aromatic heterocycles. The van der Waals surface area contributed by atoms with Crippen molar-refractivity contribution < 1.29 is 19.9 Å². The van der Waals surface area contributed by atoms with Gasteiger partial charge >= 0.3 is 13.1 Å². The minimum atomic E-state index is -1.34. The van der Waals surface area contributed by atoms with E-state index in [4.69, 9.17) is 21.5 Å². The number of aliphatic carboxylic acids is 1. The van der Waals surface area contributed by atoms with Gasteiger partial charge in [-0.25, -0.2) is 0 Å². The van der Waals surface area contributed by atoms with Crippen molar-refractivity contribution in [2.24, 2.45) is 23.3 Å². The molecule has 1 aromatic carbocycles. The summed E-state index contributed by atoms with van der Waals surface area (Å²) in [6.07, 6.45) is 1.52. The monoisotopic (exact) mass is 457 g/mol. The molecule has 0 aliphatic carbocycles. The summed E-state index contributed by atoms with van der Waals surface area (Å²) in [5, 5.41) is 27.3. The first-order chi connectivity index (χ1) is 11.9. The van der Waals surface area contributed by atoms with Crippen LogP contribution in [-0.2, 0) is 4.79 Å². The predicted molar refractivity (Wildman–Crippen MR) is 118 cm³/mol. The van der Waals surface area contributed by atoms with E-state index >= 15 is 0 Å². The van der Waals surface area contributed by atoms with Crippen molar-refractivity contribution >= 4 is 50.3 Å². The van der Waals surface area contributed by atoms with Crippen LogP contribution in [-0.4, -0.2) is 58.8 Å². The maximum absolute atomic E-state index is 11.5. The lowest BCUT2D eigenvalue weighted by molar-refractivity contribution is -0.142. The van der Waals surface area contributed by atoms with Gasteiger partial charge in [0.05, 0.1) is 5.92 Å². The summed E-state index contributed by atoms with van der Waals surface area (Å²) in [5.74, 6) is -1.26. The fourth-order valence-corrected chi connectivity index (χ4v) is 3.58. The Morgan fingerprint density at radius 1 is 1.14 bits per heavy atom. The van der Waals surface area contributed by atoms with E-state index in [2.05, 4.69) is 4.90 Å². The summed E-state index contributed by atoms with van der Waals surface area (Å²) in [5.41, 5.74) is 13.5. The summed E-state index contributed by atoms with van der Waals surface area (Å²) >= 11 is 0. The van der Waals surface area contributed by atoms with Gasteiger partial charge in [-0.15, -0.1) is 37.2 Å². The number of rotatable bonds is 9. The molecule has 2 rings (SSSR count). The number of benzene rings is 1. The van der Waals surface area contributed by atoms with Crippen LogP contribution in [0.4, 0.5) is 0 Å². The van der Waals surface area contributed by atoms with Crippen LogP contribution in [0.25, 0.3) is 0 Å². The van der Waals surface area contributed by atoms with E-state index in [1.54, 1.807) is 0 Å². The van der Waals surface area contributed by atoms with Gasteiger partial charge < -0.3 is 31.5 Å². The normalized spacial score (nSPS) is 20.9. The molecule has 7 nitrogen and oxygen atoms in total. The smallest absolute Gasteiger partial charge is 0.451 e. The van der Waals surface area contributed by atoms with E-state index in [1.165, 1.54) is 0 Å². The van der Waals surface area contributed by atoms with E-state index in [-0.39, 0.29) is 61.5 Å². The van der Waals surface area contributed by atoms with Crippen molar-refractivity contribution in [1.29, 1.82) is 0 Å². The van der Waals surface area contributed by atoms with Gasteiger partial charge in [-0.1, -0.05) is 36.8 Å². The second-order valence-corrected chi connectivity index (χ2v) is 6.94. The average Bonchev–Trinajstić information content (AvgIpc) is 2.97. The molecular formula is C17H31BCl3N3O4. The molecule has 1 aliphatic heterocycles. The number of hydrogen-bond acceptors (Lipinski definition) is 6. The molecule has 0 saturated carbocycles. The van der Waals surface area contributed by atoms with Crippen LogP contribution in [0.5, 0.6) is 0 Å². The number of carboxylic acids is 1. The zero-order valence-corrected chi connectivity index (χ0v) is 18.0. The topological polar surface area (TPSA) is 133 Å². The molecule has 1 aromatic rings. The highest BCUT2D eigenvalue weighted by molar-refractivity contribution is 6.40. The molecule has 1 aliphatic rings. The van der Waals surface area contributed by atoms with Crippen molar-refractivity contribution in [3.63, 3.8) is 0 Å². The molecule has 0 spiro atoms. The molecule has 162 valence electrons. The molecule has 1 fully saturated rings. The third kappa shape index (κ3) is 8.84. The Labute approximate surface area is 185 Å². The largest absolute Gasteiger partial charge is 0.481 e. The minimum Gasteiger partial charge on any atom is -0.481 e. The highest BCUT2D eigenvalue weighted by Gasteiger charge is 2.38. The maximum atomic E-state index is 11.5. The van der Waals surface area contributed by atoms with Gasteiger partial charge in [-0.2, -0.15) is 0 Å². The first-order valence-electron chi connectivity index (χ1n) is 8.76. The molecule has 1 saturated heterocycles. The molecule has 1 heterocycles. The van der Waals surface area contributed by atoms with E-state index in [1.807, 2.05) is 30.3 Å². The van der Waals surface area contributed by atoms with E-state index in [0.29, 0.717) is 32.5 Å². The maximum Gasteiger partial charge on any atom is 0.451 e. The first-order valence-corrected chi connectivity index (χ1v) is 8.76. The van der Waals surface area contributed by atoms with Crippen LogP contribution >= 0.6 is 37.2 Å². The Morgan fingerprint density at radius 2 is 1.75 bits per heavy atom. The van der Waals surface area contributed by atoms with Crippen molar-refractivity contribution in [1.82, 2.24) is 4.90 Å². The molecule has 28 heavy (non-hydrogen) atoms. The quantitative estimate of drug-likeness (QED) is 0.351. The van der Waals surface area contributed by atoms with Crippen molar-refractivity contribution in [3.05, 3.63) is 35.9 Å². The van der Waals surface area contributed by atoms with Crippen LogP contribution in [0.3, 0.4) is 0 Å². The fourth-order valence-electron chi connectivity index (χ4n) is 3.58. The fraction of sp³-hybridized carbons (Fsp3) is 0.588. The lowest BCUT2D eigenvalue weighted by Gasteiger charge is -2.25. The SMILES string of the molecule is Cl.Cl.Cl.N[C@@H](CN1CC(CCCB(O)O)C(C(=O)O)C1)[C@@H](N)c1ccccc1. The third-order valence-electron chi connectivity index (χ3n) is 4.99. The van der Waals surface area contributed by atoms with Gasteiger partial charge in [0.2, 0.25) is 0 Å². The number of carboxylic acid groups (broad SMARTS) is 1. The number of nitrogens with two attached hydrogens (primary N) is 2. The number of nitrogens with zero attached hydrogens (tertiary/aromatic N) is 1. The van der Waals surface area contributed by atoms with Crippen molar-refractivity contribution in [2.75, 3.05) is 19.6 Å². The molecule has 0 radical (unpaired) electrons. The number of halogens is 3. The highest BCUT2D eigenvalue weighted by Crippen LogP contribution is 2.29. The van der Waals surface area contributed by atoms with Gasteiger partial charge in [0, 0.05) is 31.7 Å². The van der Waals surface area contributed by atoms with Crippen molar-refractivity contribution in [2.45, 2.75) is 31.2 Å². The molecule has 4 atom stereocenters. The zero-order chi connectivity index (χ0) is 18.4. The molecule has 7 N–H and O–H groups in total. The zero-order valence-electron chi connectivity index (χ0n) is 15.6. The van der Waals surface area contributed by atoms with Crippen LogP contribution < -0.4 is 11.5 Å². The van der Waals surface area contributed by atoms with Gasteiger partial charge in [0.1, 0.15) is 0 Å². The Kier molecular flexibility index (Phi) is 15.3. The lowest BCUT2D eigenvalue weighted by Crippen LogP contribution is -2.43. The summed E-state index contributed by atoms with van der Waals surface area (Å²) < 4.78 is 0. The van der Waals surface area contributed by atoms with Crippen LogP contribution in [0.15, 0.2) is 30.3 Å². The molecular weight excluding hydrogens is 427 g/mol. The Balaban J connectivity index is 0. The third-order valence-corrected chi connectivity index (χ3v) is 4.99. The number of likely N-dealkylation sites (tertiary alicyclic amines) is 1. The average molecular weight is 459 g/mol. The summed E-state index contributed by atoms with van der Waals surface area (Å²) in [6, 6.07) is 9.07. The van der Waals surface area contributed by atoms with E-state index in [9.17, 15) is 9.90 Å². The second-order valence-electron chi connectivity index (χ2n) is 6.94.